The third kappa shape index (κ3) is 2.54. The Morgan fingerprint density at radius 1 is 1.38 bits per heavy atom. The van der Waals surface area contributed by atoms with Gasteiger partial charge >= 0.3 is 0 Å². The number of aliphatic imine (C=N–C) groups is 1. The van der Waals surface area contributed by atoms with Gasteiger partial charge in [0.15, 0.2) is 5.54 Å². The average molecular weight is 376 g/mol. The molecular formula is C13H18BrN3O3S. The minimum Gasteiger partial charge on any atom is -0.386 e. The van der Waals surface area contributed by atoms with Gasteiger partial charge < -0.3 is 20.5 Å². The van der Waals surface area contributed by atoms with Crippen LogP contribution in [0.1, 0.15) is 26.3 Å². The molecule has 0 fully saturated rings. The molecule has 1 aromatic heterocycles. The fraction of sp³-hybridized carbons (Fsp3) is 0.538. The minimum absolute atomic E-state index is 0.162. The number of aliphatic hydroxyl groups is 2. The van der Waals surface area contributed by atoms with Crippen LogP contribution in [0, 0.1) is 0 Å². The molecule has 0 amide bonds. The van der Waals surface area contributed by atoms with Gasteiger partial charge in [-0.15, -0.1) is 0 Å². The summed E-state index contributed by atoms with van der Waals surface area (Å²) in [5.41, 5.74) is 4.21. The summed E-state index contributed by atoms with van der Waals surface area (Å²) in [4.78, 5) is 16.7. The van der Waals surface area contributed by atoms with Crippen LogP contribution >= 0.6 is 27.7 Å². The Morgan fingerprint density at radius 3 is 2.52 bits per heavy atom. The molecule has 8 heteroatoms. The Labute approximate surface area is 135 Å². The lowest BCUT2D eigenvalue weighted by atomic mass is 9.91. The summed E-state index contributed by atoms with van der Waals surface area (Å²) >= 11 is 4.17. The van der Waals surface area contributed by atoms with E-state index < -0.39 is 15.4 Å². The van der Waals surface area contributed by atoms with Crippen molar-refractivity contribution in [3.63, 3.8) is 0 Å². The summed E-state index contributed by atoms with van der Waals surface area (Å²) in [5, 5.41) is 18.7. The SMILES string of the molecule is Cn1cc(Br)cc([C@@]2(C)N=C(N)C(C)(C)SC2(O)O)c1=O. The average Bonchev–Trinajstić information content (AvgIpc) is 2.30. The van der Waals surface area contributed by atoms with E-state index in [1.807, 2.05) is 0 Å². The summed E-state index contributed by atoms with van der Waals surface area (Å²) in [5.74, 6) is 0.260. The summed E-state index contributed by atoms with van der Waals surface area (Å²) < 4.78 is 1.26. The second-order valence-corrected chi connectivity index (χ2v) is 8.49. The van der Waals surface area contributed by atoms with Crippen LogP contribution in [0.5, 0.6) is 0 Å². The first-order valence-electron chi connectivity index (χ1n) is 6.28. The number of amidine groups is 1. The van der Waals surface area contributed by atoms with E-state index in [1.165, 1.54) is 11.5 Å². The third-order valence-corrected chi connectivity index (χ3v) is 5.50. The van der Waals surface area contributed by atoms with Crippen LogP contribution in [0.15, 0.2) is 26.5 Å². The number of hydrogen-bond acceptors (Lipinski definition) is 6. The topological polar surface area (TPSA) is 101 Å². The van der Waals surface area contributed by atoms with Crippen molar-refractivity contribution in [1.82, 2.24) is 4.57 Å². The summed E-state index contributed by atoms with van der Waals surface area (Å²) in [6.45, 7) is 4.98. The molecule has 0 aromatic carbocycles. The highest BCUT2D eigenvalue weighted by Crippen LogP contribution is 2.50. The number of halogens is 1. The van der Waals surface area contributed by atoms with Crippen molar-refractivity contribution in [3.8, 4) is 0 Å². The maximum Gasteiger partial charge on any atom is 0.256 e. The number of aryl methyl sites for hydroxylation is 1. The van der Waals surface area contributed by atoms with Gasteiger partial charge in [0.25, 0.3) is 5.56 Å². The number of nitrogens with zero attached hydrogens (tertiary/aromatic N) is 2. The van der Waals surface area contributed by atoms with Crippen LogP contribution in [0.3, 0.4) is 0 Å². The molecule has 21 heavy (non-hydrogen) atoms. The van der Waals surface area contributed by atoms with Gasteiger partial charge in [-0.3, -0.25) is 9.79 Å². The van der Waals surface area contributed by atoms with Crippen LogP contribution in [0.2, 0.25) is 0 Å². The van der Waals surface area contributed by atoms with E-state index in [9.17, 15) is 15.0 Å². The standard InChI is InChI=1S/C13H18BrN3O3S/c1-11(2)10(15)16-12(3,13(19,20)21-11)8-5-7(14)6-17(4)9(8)18/h5-6,19-20H,1-4H3,(H2,15,16)/t12-/m1/s1. The van der Waals surface area contributed by atoms with E-state index in [2.05, 4.69) is 20.9 Å². The number of nitrogens with two attached hydrogens (primary N) is 1. The Morgan fingerprint density at radius 2 is 1.95 bits per heavy atom. The smallest absolute Gasteiger partial charge is 0.256 e. The van der Waals surface area contributed by atoms with Crippen LogP contribution < -0.4 is 11.3 Å². The number of pyridine rings is 1. The zero-order chi connectivity index (χ0) is 16.2. The van der Waals surface area contributed by atoms with Crippen molar-refractivity contribution in [2.45, 2.75) is 36.2 Å². The van der Waals surface area contributed by atoms with Gasteiger partial charge in [-0.05, 0) is 42.8 Å². The fourth-order valence-corrected chi connectivity index (χ4v) is 3.96. The van der Waals surface area contributed by atoms with Crippen molar-refractivity contribution in [2.24, 2.45) is 17.8 Å². The van der Waals surface area contributed by atoms with Gasteiger partial charge in [0.2, 0.25) is 5.12 Å². The van der Waals surface area contributed by atoms with Crippen molar-refractivity contribution in [2.75, 3.05) is 0 Å². The van der Waals surface area contributed by atoms with Gasteiger partial charge in [-0.1, -0.05) is 11.8 Å². The molecule has 6 nitrogen and oxygen atoms in total. The van der Waals surface area contributed by atoms with Crippen LogP contribution in [-0.4, -0.2) is 30.5 Å². The van der Waals surface area contributed by atoms with Crippen LogP contribution in [0.4, 0.5) is 0 Å². The maximum atomic E-state index is 12.4. The second-order valence-electron chi connectivity index (χ2n) is 5.78. The zero-order valence-electron chi connectivity index (χ0n) is 12.2. The van der Waals surface area contributed by atoms with Crippen molar-refractivity contribution < 1.29 is 10.2 Å². The molecule has 0 saturated carbocycles. The highest BCUT2D eigenvalue weighted by Gasteiger charge is 2.56. The molecular weight excluding hydrogens is 358 g/mol. The molecule has 4 N–H and O–H groups in total. The second kappa shape index (κ2) is 4.84. The summed E-state index contributed by atoms with van der Waals surface area (Å²) in [6, 6.07) is 1.54. The maximum absolute atomic E-state index is 12.4. The minimum atomic E-state index is -2.26. The number of hydrogen-bond donors (Lipinski definition) is 3. The largest absolute Gasteiger partial charge is 0.386 e. The molecule has 0 spiro atoms. The molecule has 1 atom stereocenters. The quantitative estimate of drug-likeness (QED) is 0.632. The highest BCUT2D eigenvalue weighted by molar-refractivity contribution is 9.10. The number of thioether (sulfide) groups is 1. The predicted octanol–water partition coefficient (Wildman–Crippen LogP) is 0.884. The zero-order valence-corrected chi connectivity index (χ0v) is 14.6. The van der Waals surface area contributed by atoms with Crippen molar-refractivity contribution in [3.05, 3.63) is 32.7 Å². The molecule has 0 bridgehead atoms. The van der Waals surface area contributed by atoms with Gasteiger partial charge in [-0.25, -0.2) is 0 Å². The van der Waals surface area contributed by atoms with Crippen molar-refractivity contribution in [1.29, 1.82) is 0 Å². The molecule has 0 radical (unpaired) electrons. The Bertz CT molecular complexity index is 684. The van der Waals surface area contributed by atoms with Gasteiger partial charge in [0, 0.05) is 17.7 Å². The molecule has 0 unspecified atom stereocenters. The van der Waals surface area contributed by atoms with Crippen LogP contribution in [0.25, 0.3) is 0 Å². The van der Waals surface area contributed by atoms with E-state index in [0.29, 0.717) is 4.47 Å². The first kappa shape index (κ1) is 16.5. The Balaban J connectivity index is 2.77. The number of aromatic nitrogens is 1. The van der Waals surface area contributed by atoms with E-state index in [1.54, 1.807) is 33.2 Å². The lowest BCUT2D eigenvalue weighted by Gasteiger charge is -2.46. The molecule has 1 aliphatic rings. The molecule has 2 heterocycles. The third-order valence-electron chi connectivity index (χ3n) is 3.67. The summed E-state index contributed by atoms with van der Waals surface area (Å²) in [7, 11) is 1.59. The fourth-order valence-electron chi connectivity index (χ4n) is 2.21. The lowest BCUT2D eigenvalue weighted by molar-refractivity contribution is -0.130. The molecule has 1 aliphatic heterocycles. The predicted molar refractivity (Wildman–Crippen MR) is 87.2 cm³/mol. The van der Waals surface area contributed by atoms with Gasteiger partial charge in [0.1, 0.15) is 5.84 Å². The monoisotopic (exact) mass is 375 g/mol. The van der Waals surface area contributed by atoms with E-state index >= 15 is 0 Å². The first-order chi connectivity index (χ1) is 9.41. The molecule has 0 aliphatic carbocycles. The van der Waals surface area contributed by atoms with Crippen molar-refractivity contribution >= 4 is 33.5 Å². The number of rotatable bonds is 1. The lowest BCUT2D eigenvalue weighted by Crippen LogP contribution is -2.58. The molecule has 2 rings (SSSR count). The molecule has 0 saturated heterocycles. The molecule has 116 valence electrons. The van der Waals surface area contributed by atoms with E-state index in [4.69, 9.17) is 5.73 Å². The van der Waals surface area contributed by atoms with E-state index in [-0.39, 0.29) is 17.0 Å². The van der Waals surface area contributed by atoms with Crippen LogP contribution in [-0.2, 0) is 12.6 Å². The molecule has 1 aromatic rings. The van der Waals surface area contributed by atoms with Gasteiger partial charge in [-0.2, -0.15) is 0 Å². The Hall–Kier alpha value is -0.830. The van der Waals surface area contributed by atoms with Gasteiger partial charge in [0.05, 0.1) is 10.3 Å². The highest BCUT2D eigenvalue weighted by atomic mass is 79.9. The Kier molecular flexibility index (Phi) is 3.81. The normalized spacial score (nSPS) is 27.3. The van der Waals surface area contributed by atoms with E-state index in [0.717, 1.165) is 11.8 Å². The summed E-state index contributed by atoms with van der Waals surface area (Å²) in [6.07, 6.45) is 1.60. The first-order valence-corrected chi connectivity index (χ1v) is 7.89.